The number of benzene rings is 1. The number of para-hydroxylation sites is 1. The normalized spacial score (nSPS) is 11.9. The van der Waals surface area contributed by atoms with E-state index in [2.05, 4.69) is 20.9 Å². The van der Waals surface area contributed by atoms with E-state index in [0.29, 0.717) is 5.52 Å². The Hall–Kier alpha value is -1.01. The van der Waals surface area contributed by atoms with Crippen LogP contribution in [0.3, 0.4) is 0 Å². The van der Waals surface area contributed by atoms with Crippen molar-refractivity contribution in [2.24, 2.45) is 0 Å². The van der Waals surface area contributed by atoms with Crippen molar-refractivity contribution in [2.75, 3.05) is 0 Å². The van der Waals surface area contributed by atoms with Crippen LogP contribution in [0.25, 0.3) is 10.9 Å². The van der Waals surface area contributed by atoms with Crippen LogP contribution in [-0.4, -0.2) is 13.4 Å². The number of pyridine rings is 1. The maximum atomic E-state index is 12.8. The van der Waals surface area contributed by atoms with E-state index in [4.69, 9.17) is 0 Å². The second kappa shape index (κ2) is 3.53. The lowest BCUT2D eigenvalue weighted by Crippen LogP contribution is -1.97. The van der Waals surface area contributed by atoms with Gasteiger partial charge in [-0.2, -0.15) is 8.42 Å². The summed E-state index contributed by atoms with van der Waals surface area (Å²) in [4.78, 5) is 3.74. The summed E-state index contributed by atoms with van der Waals surface area (Å²) in [5, 5.41) is 0.165. The van der Waals surface area contributed by atoms with Gasteiger partial charge in [-0.25, -0.2) is 4.98 Å². The standard InChI is InChI=1S/C9H5BrFNO2S/c10-7-5-6-3-1-2-4-8(6)12-9(7)15(11,13)14/h1-5H. The Morgan fingerprint density at radius 2 is 1.93 bits per heavy atom. The third kappa shape index (κ3) is 2.00. The molecule has 0 saturated carbocycles. The number of halogens is 2. The van der Waals surface area contributed by atoms with Crippen LogP contribution in [0.15, 0.2) is 39.8 Å². The van der Waals surface area contributed by atoms with Crippen molar-refractivity contribution in [3.63, 3.8) is 0 Å². The van der Waals surface area contributed by atoms with Crippen molar-refractivity contribution in [3.05, 3.63) is 34.8 Å². The van der Waals surface area contributed by atoms with E-state index < -0.39 is 15.2 Å². The highest BCUT2D eigenvalue weighted by Gasteiger charge is 2.18. The molecular weight excluding hydrogens is 285 g/mol. The van der Waals surface area contributed by atoms with Crippen molar-refractivity contribution >= 4 is 37.1 Å². The maximum absolute atomic E-state index is 12.8. The molecule has 0 saturated heterocycles. The Balaban J connectivity index is 2.84. The second-order valence-electron chi connectivity index (χ2n) is 2.91. The zero-order valence-corrected chi connectivity index (χ0v) is 9.72. The van der Waals surface area contributed by atoms with E-state index in [9.17, 15) is 12.3 Å². The first-order chi connectivity index (χ1) is 6.98. The number of hydrogen-bond acceptors (Lipinski definition) is 3. The van der Waals surface area contributed by atoms with Gasteiger partial charge in [-0.3, -0.25) is 0 Å². The van der Waals surface area contributed by atoms with Crippen LogP contribution in [-0.2, 0) is 10.2 Å². The van der Waals surface area contributed by atoms with Gasteiger partial charge in [-0.1, -0.05) is 22.1 Å². The topological polar surface area (TPSA) is 47.0 Å². The van der Waals surface area contributed by atoms with Gasteiger partial charge in [-0.15, -0.1) is 0 Å². The van der Waals surface area contributed by atoms with Crippen LogP contribution >= 0.6 is 15.9 Å². The molecule has 0 radical (unpaired) electrons. The highest BCUT2D eigenvalue weighted by molar-refractivity contribution is 9.10. The molecule has 6 heteroatoms. The average Bonchev–Trinajstić information content (AvgIpc) is 2.15. The number of nitrogens with zero attached hydrogens (tertiary/aromatic N) is 1. The second-order valence-corrected chi connectivity index (χ2v) is 5.02. The zero-order chi connectivity index (χ0) is 11.1. The van der Waals surface area contributed by atoms with Gasteiger partial charge < -0.3 is 0 Å². The van der Waals surface area contributed by atoms with Crippen LogP contribution in [0.4, 0.5) is 3.89 Å². The van der Waals surface area contributed by atoms with Crippen LogP contribution in [0.1, 0.15) is 0 Å². The fourth-order valence-electron chi connectivity index (χ4n) is 1.24. The van der Waals surface area contributed by atoms with Gasteiger partial charge in [0.2, 0.25) is 5.03 Å². The molecule has 0 atom stereocenters. The van der Waals surface area contributed by atoms with E-state index >= 15 is 0 Å². The molecule has 78 valence electrons. The van der Waals surface area contributed by atoms with Crippen molar-refractivity contribution in [2.45, 2.75) is 5.03 Å². The molecule has 0 aliphatic heterocycles. The summed E-state index contributed by atoms with van der Waals surface area (Å²) in [6.45, 7) is 0. The third-order valence-electron chi connectivity index (χ3n) is 1.88. The molecule has 15 heavy (non-hydrogen) atoms. The predicted octanol–water partition coefficient (Wildman–Crippen LogP) is 2.66. The molecule has 1 aromatic heterocycles. The molecule has 1 heterocycles. The largest absolute Gasteiger partial charge is 0.350 e. The molecule has 3 nitrogen and oxygen atoms in total. The van der Waals surface area contributed by atoms with Gasteiger partial charge in [0.25, 0.3) is 0 Å². The number of hydrogen-bond donors (Lipinski definition) is 0. The molecule has 1 aromatic carbocycles. The molecular formula is C9H5BrFNO2S. The lowest BCUT2D eigenvalue weighted by molar-refractivity contribution is 0.547. The SMILES string of the molecule is O=S(=O)(F)c1nc2ccccc2cc1Br. The van der Waals surface area contributed by atoms with Gasteiger partial charge in [-0.05, 0) is 28.1 Å². The summed E-state index contributed by atoms with van der Waals surface area (Å²) in [6.07, 6.45) is 0. The molecule has 0 unspecified atom stereocenters. The Labute approximate surface area is 94.3 Å². The number of aromatic nitrogens is 1. The van der Waals surface area contributed by atoms with Crippen LogP contribution in [0.2, 0.25) is 0 Å². The summed E-state index contributed by atoms with van der Waals surface area (Å²) in [7, 11) is -4.78. The summed E-state index contributed by atoms with van der Waals surface area (Å²) < 4.78 is 34.4. The molecule has 0 fully saturated rings. The molecule has 0 aliphatic rings. The van der Waals surface area contributed by atoms with E-state index in [1.807, 2.05) is 0 Å². The Kier molecular flexibility index (Phi) is 2.47. The number of fused-ring (bicyclic) bond motifs is 1. The van der Waals surface area contributed by atoms with Crippen LogP contribution < -0.4 is 0 Å². The van der Waals surface area contributed by atoms with Gasteiger partial charge in [0.15, 0.2) is 0 Å². The monoisotopic (exact) mass is 289 g/mol. The van der Waals surface area contributed by atoms with E-state index in [0.717, 1.165) is 5.39 Å². The molecule has 2 rings (SSSR count). The van der Waals surface area contributed by atoms with Crippen LogP contribution in [0, 0.1) is 0 Å². The van der Waals surface area contributed by atoms with Gasteiger partial charge in [0, 0.05) is 5.39 Å². The smallest absolute Gasteiger partial charge is 0.233 e. The maximum Gasteiger partial charge on any atom is 0.350 e. The fourth-order valence-corrected chi connectivity index (χ4v) is 2.66. The van der Waals surface area contributed by atoms with Crippen molar-refractivity contribution in [3.8, 4) is 0 Å². The molecule has 0 bridgehead atoms. The molecule has 0 amide bonds. The molecule has 0 N–H and O–H groups in total. The molecule has 0 aliphatic carbocycles. The van der Waals surface area contributed by atoms with E-state index in [-0.39, 0.29) is 4.47 Å². The summed E-state index contributed by atoms with van der Waals surface area (Å²) in [5.41, 5.74) is 0.442. The Bertz CT molecular complexity index is 627. The van der Waals surface area contributed by atoms with Crippen LogP contribution in [0.5, 0.6) is 0 Å². The molecule has 0 spiro atoms. The average molecular weight is 290 g/mol. The first kappa shape index (κ1) is 10.5. The van der Waals surface area contributed by atoms with Gasteiger partial charge in [0.1, 0.15) is 0 Å². The van der Waals surface area contributed by atoms with Crippen molar-refractivity contribution in [1.29, 1.82) is 0 Å². The number of rotatable bonds is 1. The summed E-state index contributed by atoms with van der Waals surface area (Å²) >= 11 is 2.97. The third-order valence-corrected chi connectivity index (χ3v) is 3.52. The summed E-state index contributed by atoms with van der Waals surface area (Å²) in [5.74, 6) is 0. The Morgan fingerprint density at radius 3 is 2.60 bits per heavy atom. The minimum atomic E-state index is -4.78. The quantitative estimate of drug-likeness (QED) is 0.759. The predicted molar refractivity (Wildman–Crippen MR) is 57.7 cm³/mol. The lowest BCUT2D eigenvalue weighted by atomic mass is 10.2. The van der Waals surface area contributed by atoms with E-state index in [1.165, 1.54) is 6.07 Å². The first-order valence-corrected chi connectivity index (χ1v) is 6.16. The molecule has 2 aromatic rings. The highest BCUT2D eigenvalue weighted by Crippen LogP contribution is 2.25. The Morgan fingerprint density at radius 1 is 1.27 bits per heavy atom. The minimum Gasteiger partial charge on any atom is -0.233 e. The van der Waals surface area contributed by atoms with Gasteiger partial charge in [0.05, 0.1) is 9.99 Å². The van der Waals surface area contributed by atoms with Gasteiger partial charge >= 0.3 is 10.2 Å². The summed E-state index contributed by atoms with van der Waals surface area (Å²) in [6, 6.07) is 8.41. The van der Waals surface area contributed by atoms with Crippen molar-refractivity contribution in [1.82, 2.24) is 4.98 Å². The lowest BCUT2D eigenvalue weighted by Gasteiger charge is -2.01. The van der Waals surface area contributed by atoms with E-state index in [1.54, 1.807) is 24.3 Å². The zero-order valence-electron chi connectivity index (χ0n) is 7.31. The highest BCUT2D eigenvalue weighted by atomic mass is 79.9. The van der Waals surface area contributed by atoms with Crippen molar-refractivity contribution < 1.29 is 12.3 Å². The fraction of sp³-hybridized carbons (Fsp3) is 0. The first-order valence-electron chi connectivity index (χ1n) is 3.98. The minimum absolute atomic E-state index is 0.128.